The zero-order valence-electron chi connectivity index (χ0n) is 10.2. The van der Waals surface area contributed by atoms with Gasteiger partial charge in [-0.1, -0.05) is 53.5 Å². The minimum absolute atomic E-state index is 0.0943. The predicted molar refractivity (Wildman–Crippen MR) is 76.6 cm³/mol. The summed E-state index contributed by atoms with van der Waals surface area (Å²) in [5.74, 6) is -0.234. The molecular formula is C14H12Cl2N2O. The zero-order chi connectivity index (χ0) is 13.8. The Hall–Kier alpha value is -1.58. The van der Waals surface area contributed by atoms with Gasteiger partial charge in [0.25, 0.3) is 5.91 Å². The molecule has 3 nitrogen and oxygen atoms in total. The van der Waals surface area contributed by atoms with Crippen LogP contribution in [0.2, 0.25) is 10.2 Å². The van der Waals surface area contributed by atoms with E-state index < -0.39 is 0 Å². The van der Waals surface area contributed by atoms with E-state index in [1.807, 2.05) is 37.3 Å². The summed E-state index contributed by atoms with van der Waals surface area (Å²) in [7, 11) is 0. The summed E-state index contributed by atoms with van der Waals surface area (Å²) in [6.45, 7) is 1.91. The third-order valence-corrected chi connectivity index (χ3v) is 3.39. The fraction of sp³-hybridized carbons (Fsp3) is 0.143. The summed E-state index contributed by atoms with van der Waals surface area (Å²) in [4.78, 5) is 15.9. The second kappa shape index (κ2) is 6.04. The third-order valence-electron chi connectivity index (χ3n) is 2.71. The molecule has 0 aliphatic rings. The van der Waals surface area contributed by atoms with E-state index >= 15 is 0 Å². The molecule has 5 heteroatoms. The van der Waals surface area contributed by atoms with E-state index in [0.717, 1.165) is 5.56 Å². The molecule has 0 aliphatic carbocycles. The van der Waals surface area contributed by atoms with E-state index in [4.69, 9.17) is 23.2 Å². The van der Waals surface area contributed by atoms with Crippen LogP contribution in [-0.4, -0.2) is 10.9 Å². The molecule has 1 aromatic carbocycles. The molecule has 0 saturated carbocycles. The van der Waals surface area contributed by atoms with Crippen molar-refractivity contribution in [2.45, 2.75) is 13.0 Å². The van der Waals surface area contributed by atoms with Crippen molar-refractivity contribution in [3.05, 3.63) is 63.9 Å². The van der Waals surface area contributed by atoms with Crippen molar-refractivity contribution >= 4 is 29.1 Å². The molecule has 0 bridgehead atoms. The molecule has 1 unspecified atom stereocenters. The summed E-state index contributed by atoms with van der Waals surface area (Å²) in [5, 5.41) is 3.33. The highest BCUT2D eigenvalue weighted by atomic mass is 35.5. The van der Waals surface area contributed by atoms with E-state index in [1.165, 1.54) is 12.3 Å². The van der Waals surface area contributed by atoms with Crippen LogP contribution in [-0.2, 0) is 0 Å². The lowest BCUT2D eigenvalue weighted by atomic mass is 10.1. The average molecular weight is 295 g/mol. The van der Waals surface area contributed by atoms with Gasteiger partial charge in [-0.15, -0.1) is 0 Å². The Morgan fingerprint density at radius 2 is 1.95 bits per heavy atom. The molecule has 0 spiro atoms. The number of amides is 1. The molecule has 0 saturated heterocycles. The first kappa shape index (κ1) is 13.8. The van der Waals surface area contributed by atoms with Gasteiger partial charge in [0.15, 0.2) is 0 Å². The van der Waals surface area contributed by atoms with Gasteiger partial charge in [-0.25, -0.2) is 4.98 Å². The van der Waals surface area contributed by atoms with Crippen molar-refractivity contribution < 1.29 is 4.79 Å². The number of aromatic nitrogens is 1. The van der Waals surface area contributed by atoms with Crippen LogP contribution >= 0.6 is 23.2 Å². The average Bonchev–Trinajstić information content (AvgIpc) is 2.42. The Kier molecular flexibility index (Phi) is 4.40. The normalized spacial score (nSPS) is 11.9. The van der Waals surface area contributed by atoms with Crippen LogP contribution in [0, 0.1) is 0 Å². The highest BCUT2D eigenvalue weighted by Crippen LogP contribution is 2.20. The summed E-state index contributed by atoms with van der Waals surface area (Å²) in [5.41, 5.74) is 1.42. The summed E-state index contributed by atoms with van der Waals surface area (Å²) < 4.78 is 0. The van der Waals surface area contributed by atoms with Crippen molar-refractivity contribution in [3.63, 3.8) is 0 Å². The molecule has 2 rings (SSSR count). The number of halogens is 2. The third kappa shape index (κ3) is 3.46. The molecule has 1 heterocycles. The second-order valence-electron chi connectivity index (χ2n) is 4.10. The van der Waals surface area contributed by atoms with E-state index in [2.05, 4.69) is 10.3 Å². The van der Waals surface area contributed by atoms with Gasteiger partial charge >= 0.3 is 0 Å². The molecule has 0 aliphatic heterocycles. The highest BCUT2D eigenvalue weighted by Gasteiger charge is 2.12. The Labute approximate surface area is 121 Å². The first-order chi connectivity index (χ1) is 9.08. The van der Waals surface area contributed by atoms with Crippen LogP contribution in [0.4, 0.5) is 0 Å². The fourth-order valence-electron chi connectivity index (χ4n) is 1.65. The zero-order valence-corrected chi connectivity index (χ0v) is 11.7. The van der Waals surface area contributed by atoms with Crippen LogP contribution in [0.3, 0.4) is 0 Å². The van der Waals surface area contributed by atoms with Crippen molar-refractivity contribution in [2.75, 3.05) is 0 Å². The smallest absolute Gasteiger partial charge is 0.253 e. The number of hydrogen-bond donors (Lipinski definition) is 1. The van der Waals surface area contributed by atoms with E-state index in [1.54, 1.807) is 0 Å². The summed E-state index contributed by atoms with van der Waals surface area (Å²) in [6, 6.07) is 11.1. The standard InChI is InChI=1S/C14H12Cl2N2O/c1-9(10-5-3-2-4-6-10)18-14(19)11-7-12(15)13(16)17-8-11/h2-9H,1H3,(H,18,19). The topological polar surface area (TPSA) is 42.0 Å². The van der Waals surface area contributed by atoms with Gasteiger partial charge in [0.05, 0.1) is 16.6 Å². The highest BCUT2D eigenvalue weighted by molar-refractivity contribution is 6.41. The maximum atomic E-state index is 12.0. The Balaban J connectivity index is 2.11. The largest absolute Gasteiger partial charge is 0.345 e. The lowest BCUT2D eigenvalue weighted by Crippen LogP contribution is -2.26. The molecule has 19 heavy (non-hydrogen) atoms. The first-order valence-corrected chi connectivity index (χ1v) is 6.50. The van der Waals surface area contributed by atoms with E-state index in [0.29, 0.717) is 5.56 Å². The molecule has 0 radical (unpaired) electrons. The summed E-state index contributed by atoms with van der Waals surface area (Å²) >= 11 is 11.5. The van der Waals surface area contributed by atoms with Gasteiger partial charge in [0, 0.05) is 6.20 Å². The monoisotopic (exact) mass is 294 g/mol. The molecule has 0 fully saturated rings. The van der Waals surface area contributed by atoms with Gasteiger partial charge < -0.3 is 5.32 Å². The Morgan fingerprint density at radius 1 is 1.26 bits per heavy atom. The molecule has 1 N–H and O–H groups in total. The summed E-state index contributed by atoms with van der Waals surface area (Å²) in [6.07, 6.45) is 1.40. The van der Waals surface area contributed by atoms with Crippen LogP contribution in [0.25, 0.3) is 0 Å². The Morgan fingerprint density at radius 3 is 2.58 bits per heavy atom. The van der Waals surface area contributed by atoms with Crippen LogP contribution in [0.5, 0.6) is 0 Å². The van der Waals surface area contributed by atoms with Gasteiger partial charge in [-0.3, -0.25) is 4.79 Å². The van der Waals surface area contributed by atoms with Crippen LogP contribution < -0.4 is 5.32 Å². The van der Waals surface area contributed by atoms with Crippen molar-refractivity contribution in [1.82, 2.24) is 10.3 Å². The van der Waals surface area contributed by atoms with Gasteiger partial charge in [-0.2, -0.15) is 0 Å². The fourth-order valence-corrected chi connectivity index (χ4v) is 1.92. The quantitative estimate of drug-likeness (QED) is 0.873. The van der Waals surface area contributed by atoms with Gasteiger partial charge in [0.2, 0.25) is 0 Å². The first-order valence-electron chi connectivity index (χ1n) is 5.75. The molecular weight excluding hydrogens is 283 g/mol. The van der Waals surface area contributed by atoms with Crippen molar-refractivity contribution in [3.8, 4) is 0 Å². The number of nitrogens with zero attached hydrogens (tertiary/aromatic N) is 1. The maximum Gasteiger partial charge on any atom is 0.253 e. The minimum Gasteiger partial charge on any atom is -0.345 e. The number of rotatable bonds is 3. The number of pyridine rings is 1. The number of hydrogen-bond acceptors (Lipinski definition) is 2. The van der Waals surface area contributed by atoms with Crippen molar-refractivity contribution in [1.29, 1.82) is 0 Å². The number of benzene rings is 1. The lowest BCUT2D eigenvalue weighted by molar-refractivity contribution is 0.0939. The Bertz CT molecular complexity index is 587. The number of carbonyl (C=O) groups is 1. The minimum atomic E-state index is -0.234. The lowest BCUT2D eigenvalue weighted by Gasteiger charge is -2.14. The number of carbonyl (C=O) groups excluding carboxylic acids is 1. The van der Waals surface area contributed by atoms with Crippen molar-refractivity contribution in [2.24, 2.45) is 0 Å². The van der Waals surface area contributed by atoms with Crippen LogP contribution in [0.1, 0.15) is 28.9 Å². The molecule has 2 aromatic rings. The molecule has 1 atom stereocenters. The van der Waals surface area contributed by atoms with Gasteiger partial charge in [0.1, 0.15) is 5.15 Å². The van der Waals surface area contributed by atoms with E-state index in [9.17, 15) is 4.79 Å². The van der Waals surface area contributed by atoms with Gasteiger partial charge in [-0.05, 0) is 18.6 Å². The molecule has 1 amide bonds. The van der Waals surface area contributed by atoms with Crippen LogP contribution in [0.15, 0.2) is 42.6 Å². The predicted octanol–water partition coefficient (Wildman–Crippen LogP) is 3.88. The number of nitrogens with one attached hydrogen (secondary N) is 1. The molecule has 98 valence electrons. The SMILES string of the molecule is CC(NC(=O)c1cnc(Cl)c(Cl)c1)c1ccccc1. The molecule has 1 aromatic heterocycles. The maximum absolute atomic E-state index is 12.0. The second-order valence-corrected chi connectivity index (χ2v) is 4.87. The van der Waals surface area contributed by atoms with E-state index in [-0.39, 0.29) is 22.1 Å².